The molecule has 1 aliphatic carbocycles. The van der Waals surface area contributed by atoms with Gasteiger partial charge in [-0.05, 0) is 54.2 Å². The number of fused-ring (bicyclic) bond motifs is 1. The van der Waals surface area contributed by atoms with Crippen molar-refractivity contribution in [2.75, 3.05) is 5.32 Å². The van der Waals surface area contributed by atoms with Crippen molar-refractivity contribution in [3.05, 3.63) is 63.9 Å². The summed E-state index contributed by atoms with van der Waals surface area (Å²) in [4.78, 5) is 0. The number of rotatable bonds is 3. The Bertz CT molecular complexity index is 610. The van der Waals surface area contributed by atoms with Crippen molar-refractivity contribution in [1.29, 1.82) is 0 Å². The molecule has 98 valence electrons. The van der Waals surface area contributed by atoms with Gasteiger partial charge in [0, 0.05) is 12.2 Å². The third-order valence-electron chi connectivity index (χ3n) is 3.58. The monoisotopic (exact) mass is 275 g/mol. The van der Waals surface area contributed by atoms with Crippen LogP contribution in [0.3, 0.4) is 0 Å². The first-order valence-corrected chi connectivity index (χ1v) is 6.90. The maximum atomic E-state index is 13.3. The quantitative estimate of drug-likeness (QED) is 0.864. The summed E-state index contributed by atoms with van der Waals surface area (Å²) in [5.74, 6) is -0.388. The van der Waals surface area contributed by atoms with Gasteiger partial charge in [0.2, 0.25) is 0 Å². The van der Waals surface area contributed by atoms with Crippen LogP contribution >= 0.6 is 11.6 Å². The topological polar surface area (TPSA) is 12.0 Å². The summed E-state index contributed by atoms with van der Waals surface area (Å²) in [6, 6.07) is 11.4. The van der Waals surface area contributed by atoms with Gasteiger partial charge in [-0.2, -0.15) is 0 Å². The van der Waals surface area contributed by atoms with Crippen LogP contribution in [0.2, 0.25) is 5.02 Å². The number of aryl methyl sites for hydroxylation is 2. The Kier molecular flexibility index (Phi) is 3.43. The van der Waals surface area contributed by atoms with Crippen LogP contribution in [-0.4, -0.2) is 0 Å². The smallest absolute Gasteiger partial charge is 0.143 e. The standard InChI is InChI=1S/C16H15ClFN/c17-15-7-6-14(9-16(15)18)19-10-11-4-5-12-2-1-3-13(12)8-11/h4-9,19H,1-3,10H2. The second kappa shape index (κ2) is 5.22. The molecule has 0 bridgehead atoms. The molecule has 0 unspecified atom stereocenters. The third kappa shape index (κ3) is 2.74. The Morgan fingerprint density at radius 3 is 2.74 bits per heavy atom. The van der Waals surface area contributed by atoms with Crippen LogP contribution < -0.4 is 5.32 Å². The van der Waals surface area contributed by atoms with Gasteiger partial charge < -0.3 is 5.32 Å². The summed E-state index contributed by atoms with van der Waals surface area (Å²) < 4.78 is 13.3. The molecule has 0 amide bonds. The molecule has 1 N–H and O–H groups in total. The maximum Gasteiger partial charge on any atom is 0.143 e. The van der Waals surface area contributed by atoms with Gasteiger partial charge in [-0.15, -0.1) is 0 Å². The number of nitrogens with one attached hydrogen (secondary N) is 1. The van der Waals surface area contributed by atoms with Crippen molar-refractivity contribution in [3.63, 3.8) is 0 Å². The Morgan fingerprint density at radius 1 is 1.05 bits per heavy atom. The molecule has 1 aliphatic rings. The SMILES string of the molecule is Fc1cc(NCc2ccc3c(c2)CCC3)ccc1Cl. The molecule has 3 rings (SSSR count). The maximum absolute atomic E-state index is 13.3. The fourth-order valence-corrected chi connectivity index (χ4v) is 2.66. The summed E-state index contributed by atoms with van der Waals surface area (Å²) in [5, 5.41) is 3.38. The molecular formula is C16H15ClFN. The van der Waals surface area contributed by atoms with Crippen LogP contribution in [0.15, 0.2) is 36.4 Å². The first kappa shape index (κ1) is 12.5. The molecular weight excluding hydrogens is 261 g/mol. The van der Waals surface area contributed by atoms with Crippen molar-refractivity contribution >= 4 is 17.3 Å². The van der Waals surface area contributed by atoms with Crippen molar-refractivity contribution in [2.45, 2.75) is 25.8 Å². The lowest BCUT2D eigenvalue weighted by Gasteiger charge is -2.09. The van der Waals surface area contributed by atoms with E-state index in [1.807, 2.05) is 0 Å². The lowest BCUT2D eigenvalue weighted by atomic mass is 10.1. The van der Waals surface area contributed by atoms with Crippen LogP contribution in [0.1, 0.15) is 23.1 Å². The molecule has 0 aromatic heterocycles. The molecule has 0 atom stereocenters. The van der Waals surface area contributed by atoms with Crippen molar-refractivity contribution in [2.24, 2.45) is 0 Å². The molecule has 0 radical (unpaired) electrons. The van der Waals surface area contributed by atoms with E-state index in [1.54, 1.807) is 12.1 Å². The highest BCUT2D eigenvalue weighted by Gasteiger charge is 2.10. The lowest BCUT2D eigenvalue weighted by molar-refractivity contribution is 0.628. The van der Waals surface area contributed by atoms with Crippen LogP contribution in [0.4, 0.5) is 10.1 Å². The van der Waals surface area contributed by atoms with Gasteiger partial charge >= 0.3 is 0 Å². The van der Waals surface area contributed by atoms with Gasteiger partial charge in [0.15, 0.2) is 0 Å². The van der Waals surface area contributed by atoms with E-state index in [0.717, 1.165) is 5.69 Å². The lowest BCUT2D eigenvalue weighted by Crippen LogP contribution is -2.00. The average Bonchev–Trinajstić information content (AvgIpc) is 2.87. The molecule has 0 saturated carbocycles. The van der Waals surface area contributed by atoms with Crippen LogP contribution in [0.25, 0.3) is 0 Å². The molecule has 1 nitrogen and oxygen atoms in total. The Labute approximate surface area is 117 Å². The zero-order valence-corrected chi connectivity index (χ0v) is 11.3. The summed E-state index contributed by atoms with van der Waals surface area (Å²) >= 11 is 5.66. The summed E-state index contributed by atoms with van der Waals surface area (Å²) in [7, 11) is 0. The molecule has 0 aliphatic heterocycles. The highest BCUT2D eigenvalue weighted by molar-refractivity contribution is 6.30. The first-order valence-electron chi connectivity index (χ1n) is 6.52. The van der Waals surface area contributed by atoms with Gasteiger partial charge in [-0.25, -0.2) is 4.39 Å². The van der Waals surface area contributed by atoms with Crippen molar-refractivity contribution in [1.82, 2.24) is 0 Å². The van der Waals surface area contributed by atoms with E-state index in [1.165, 1.54) is 42.0 Å². The zero-order chi connectivity index (χ0) is 13.2. The van der Waals surface area contributed by atoms with Crippen LogP contribution in [0.5, 0.6) is 0 Å². The molecule has 0 spiro atoms. The number of hydrogen-bond acceptors (Lipinski definition) is 1. The second-order valence-electron chi connectivity index (χ2n) is 4.94. The number of hydrogen-bond donors (Lipinski definition) is 1. The van der Waals surface area contributed by atoms with E-state index in [4.69, 9.17) is 11.6 Å². The van der Waals surface area contributed by atoms with Crippen LogP contribution in [0, 0.1) is 5.82 Å². The van der Waals surface area contributed by atoms with Crippen LogP contribution in [-0.2, 0) is 19.4 Å². The van der Waals surface area contributed by atoms with Crippen molar-refractivity contribution in [3.8, 4) is 0 Å². The summed E-state index contributed by atoms with van der Waals surface area (Å²) in [6.07, 6.45) is 3.64. The predicted molar refractivity (Wildman–Crippen MR) is 77.2 cm³/mol. The molecule has 3 heteroatoms. The van der Waals surface area contributed by atoms with E-state index in [9.17, 15) is 4.39 Å². The number of benzene rings is 2. The second-order valence-corrected chi connectivity index (χ2v) is 5.35. The van der Waals surface area contributed by atoms with E-state index < -0.39 is 0 Å². The number of halogens is 2. The molecule has 2 aromatic carbocycles. The van der Waals surface area contributed by atoms with E-state index in [2.05, 4.69) is 23.5 Å². The van der Waals surface area contributed by atoms with Crippen molar-refractivity contribution < 1.29 is 4.39 Å². The Hall–Kier alpha value is -1.54. The Morgan fingerprint density at radius 2 is 1.89 bits per heavy atom. The number of anilines is 1. The molecule has 19 heavy (non-hydrogen) atoms. The minimum Gasteiger partial charge on any atom is -0.381 e. The first-order chi connectivity index (χ1) is 9.22. The minimum atomic E-state index is -0.388. The predicted octanol–water partition coefficient (Wildman–Crippen LogP) is 4.58. The van der Waals surface area contributed by atoms with Gasteiger partial charge in [0.1, 0.15) is 5.82 Å². The Balaban J connectivity index is 1.70. The molecule has 0 fully saturated rings. The largest absolute Gasteiger partial charge is 0.381 e. The van der Waals surface area contributed by atoms with Gasteiger partial charge in [0.05, 0.1) is 5.02 Å². The highest BCUT2D eigenvalue weighted by Crippen LogP contribution is 2.24. The zero-order valence-electron chi connectivity index (χ0n) is 10.5. The van der Waals surface area contributed by atoms with Gasteiger partial charge in [-0.3, -0.25) is 0 Å². The normalized spacial score (nSPS) is 13.4. The average molecular weight is 276 g/mol. The van der Waals surface area contributed by atoms with E-state index >= 15 is 0 Å². The minimum absolute atomic E-state index is 0.156. The molecule has 2 aromatic rings. The fourth-order valence-electron chi connectivity index (χ4n) is 2.55. The van der Waals surface area contributed by atoms with E-state index in [0.29, 0.717) is 6.54 Å². The van der Waals surface area contributed by atoms with Gasteiger partial charge in [-0.1, -0.05) is 29.8 Å². The fraction of sp³-hybridized carbons (Fsp3) is 0.250. The summed E-state index contributed by atoms with van der Waals surface area (Å²) in [6.45, 7) is 0.703. The highest BCUT2D eigenvalue weighted by atomic mass is 35.5. The third-order valence-corrected chi connectivity index (χ3v) is 3.89. The molecule has 0 heterocycles. The van der Waals surface area contributed by atoms with E-state index in [-0.39, 0.29) is 10.8 Å². The summed E-state index contributed by atoms with van der Waals surface area (Å²) in [5.41, 5.74) is 4.92. The van der Waals surface area contributed by atoms with Gasteiger partial charge in [0.25, 0.3) is 0 Å². The molecule has 0 saturated heterocycles.